The molecule has 0 aromatic heterocycles. The van der Waals surface area contributed by atoms with Gasteiger partial charge in [0.15, 0.2) is 0 Å². The molecule has 1 amide bonds. The molecule has 2 aromatic carbocycles. The number of hydrogen-bond acceptors (Lipinski definition) is 4. The van der Waals surface area contributed by atoms with Crippen LogP contribution in [0.25, 0.3) is 0 Å². The van der Waals surface area contributed by atoms with E-state index in [1.807, 2.05) is 20.8 Å². The molecule has 4 rings (SSSR count). The minimum Gasteiger partial charge on any atom is -0.444 e. The maximum absolute atomic E-state index is 14.5. The van der Waals surface area contributed by atoms with E-state index in [9.17, 15) is 17.6 Å². The fraction of sp³-hybridized carbons (Fsp3) is 0.458. The highest BCUT2D eigenvalue weighted by molar-refractivity contribution is 7.95. The van der Waals surface area contributed by atoms with Gasteiger partial charge >= 0.3 is 16.3 Å². The number of fused-ring (bicyclic) bond motifs is 1. The number of ether oxygens (including phenoxy) is 1. The Hall–Kier alpha value is -2.81. The molecule has 0 spiro atoms. The first-order valence-corrected chi connectivity index (χ1v) is 12.6. The zero-order valence-electron chi connectivity index (χ0n) is 19.2. The summed E-state index contributed by atoms with van der Waals surface area (Å²) in [5, 5.41) is 0. The van der Waals surface area contributed by atoms with E-state index in [0.717, 1.165) is 17.1 Å². The molecule has 9 heteroatoms. The first-order chi connectivity index (χ1) is 15.6. The average molecular weight is 476 g/mol. The summed E-state index contributed by atoms with van der Waals surface area (Å²) in [6, 6.07) is 12.9. The zero-order valence-corrected chi connectivity index (χ0v) is 20.0. The Labute approximate surface area is 194 Å². The van der Waals surface area contributed by atoms with E-state index in [1.165, 1.54) is 22.5 Å². The summed E-state index contributed by atoms with van der Waals surface area (Å²) in [6.07, 6.45) is 1.91. The number of amides is 1. The van der Waals surface area contributed by atoms with Crippen molar-refractivity contribution in [3.8, 4) is 0 Å². The lowest BCUT2D eigenvalue weighted by Gasteiger charge is -2.34. The number of halogens is 1. The number of nitrogens with zero attached hydrogens (tertiary/aromatic N) is 3. The van der Waals surface area contributed by atoms with Crippen LogP contribution >= 0.6 is 0 Å². The van der Waals surface area contributed by atoms with Crippen molar-refractivity contribution >= 4 is 33.4 Å². The lowest BCUT2D eigenvalue weighted by molar-refractivity contribution is 0.0182. The van der Waals surface area contributed by atoms with Gasteiger partial charge in [-0.15, -0.1) is 0 Å². The molecule has 0 atom stereocenters. The molecule has 2 aliphatic rings. The van der Waals surface area contributed by atoms with Crippen LogP contribution in [0.5, 0.6) is 0 Å². The molecule has 178 valence electrons. The number of likely N-dealkylation sites (tertiary alicyclic amines) is 1. The van der Waals surface area contributed by atoms with Crippen LogP contribution in [0.3, 0.4) is 0 Å². The van der Waals surface area contributed by atoms with Crippen molar-refractivity contribution in [1.29, 1.82) is 0 Å². The maximum Gasteiger partial charge on any atom is 0.410 e. The van der Waals surface area contributed by atoms with Crippen LogP contribution in [0.4, 0.5) is 26.2 Å². The minimum atomic E-state index is -3.97. The zero-order chi connectivity index (χ0) is 23.8. The second-order valence-electron chi connectivity index (χ2n) is 9.48. The predicted octanol–water partition coefficient (Wildman–Crippen LogP) is 5.07. The number of rotatable bonds is 4. The molecule has 0 saturated carbocycles. The van der Waals surface area contributed by atoms with Gasteiger partial charge in [0.1, 0.15) is 11.4 Å². The highest BCUT2D eigenvalue weighted by Gasteiger charge is 2.42. The van der Waals surface area contributed by atoms with Gasteiger partial charge in [0.05, 0.1) is 17.1 Å². The van der Waals surface area contributed by atoms with E-state index >= 15 is 0 Å². The normalized spacial score (nSPS) is 18.4. The van der Waals surface area contributed by atoms with Crippen molar-refractivity contribution in [3.05, 3.63) is 54.3 Å². The molecule has 0 N–H and O–H groups in total. The molecule has 1 saturated heterocycles. The first kappa shape index (κ1) is 23.4. The Balaban J connectivity index is 1.45. The van der Waals surface area contributed by atoms with Crippen molar-refractivity contribution in [2.75, 3.05) is 28.2 Å². The highest BCUT2D eigenvalue weighted by atomic mass is 32.2. The van der Waals surface area contributed by atoms with Crippen LogP contribution in [0, 0.1) is 11.7 Å². The second-order valence-corrected chi connectivity index (χ2v) is 11.2. The van der Waals surface area contributed by atoms with Crippen molar-refractivity contribution < 1.29 is 22.3 Å². The van der Waals surface area contributed by atoms with Crippen molar-refractivity contribution in [3.63, 3.8) is 0 Å². The number of benzene rings is 2. The van der Waals surface area contributed by atoms with Gasteiger partial charge in [-0.25, -0.2) is 13.5 Å². The molecular weight excluding hydrogens is 445 g/mol. The fourth-order valence-corrected chi connectivity index (χ4v) is 6.07. The summed E-state index contributed by atoms with van der Waals surface area (Å²) < 4.78 is 49.4. The standard InChI is InChI=1S/C24H30FN3O4S/c1-24(2,3)32-23(29)26-15-12-18(13-16-26)14-17-27-21-10-6-7-11-22(21)28(33(27,30)31)20-9-5-4-8-19(20)25/h4-11,18H,12-17H2,1-3H3. The van der Waals surface area contributed by atoms with E-state index in [2.05, 4.69) is 0 Å². The minimum absolute atomic E-state index is 0.0121. The van der Waals surface area contributed by atoms with Crippen LogP contribution < -0.4 is 8.61 Å². The van der Waals surface area contributed by atoms with Crippen LogP contribution in [0.2, 0.25) is 0 Å². The van der Waals surface area contributed by atoms with Crippen molar-refractivity contribution in [2.45, 2.75) is 45.6 Å². The molecule has 0 unspecified atom stereocenters. The van der Waals surface area contributed by atoms with E-state index in [-0.39, 0.29) is 17.7 Å². The molecular formula is C24H30FN3O4S. The second kappa shape index (κ2) is 8.85. The molecule has 2 aromatic rings. The summed E-state index contributed by atoms with van der Waals surface area (Å²) >= 11 is 0. The lowest BCUT2D eigenvalue weighted by atomic mass is 9.93. The van der Waals surface area contributed by atoms with Gasteiger partial charge in [0.25, 0.3) is 0 Å². The third-order valence-corrected chi connectivity index (χ3v) is 7.75. The molecule has 0 bridgehead atoms. The van der Waals surface area contributed by atoms with Gasteiger partial charge in [0.2, 0.25) is 0 Å². The Morgan fingerprint density at radius 1 is 1.00 bits per heavy atom. The molecule has 0 aliphatic carbocycles. The van der Waals surface area contributed by atoms with Gasteiger partial charge in [-0.3, -0.25) is 4.31 Å². The molecule has 2 aliphatic heterocycles. The van der Waals surface area contributed by atoms with E-state index in [1.54, 1.807) is 35.2 Å². The molecule has 2 heterocycles. The largest absolute Gasteiger partial charge is 0.444 e. The average Bonchev–Trinajstić information content (AvgIpc) is 2.97. The summed E-state index contributed by atoms with van der Waals surface area (Å²) in [4.78, 5) is 14.0. The first-order valence-electron chi connectivity index (χ1n) is 11.2. The fourth-order valence-electron chi connectivity index (χ4n) is 4.33. The Morgan fingerprint density at radius 3 is 2.18 bits per heavy atom. The summed E-state index contributed by atoms with van der Waals surface area (Å²) in [7, 11) is -3.97. The number of carbonyl (C=O) groups excluding carboxylic acids is 1. The van der Waals surface area contributed by atoms with Gasteiger partial charge in [-0.05, 0) is 70.2 Å². The van der Waals surface area contributed by atoms with Crippen LogP contribution in [0.1, 0.15) is 40.0 Å². The SMILES string of the molecule is CC(C)(C)OC(=O)N1CCC(CCN2c3ccccc3N(c3ccccc3F)S2(=O)=O)CC1. The number of hydrogen-bond donors (Lipinski definition) is 0. The Kier molecular flexibility index (Phi) is 6.26. The maximum atomic E-state index is 14.5. The van der Waals surface area contributed by atoms with Crippen LogP contribution in [-0.2, 0) is 14.9 Å². The predicted molar refractivity (Wildman–Crippen MR) is 126 cm³/mol. The number of piperidine rings is 1. The molecule has 7 nitrogen and oxygen atoms in total. The smallest absolute Gasteiger partial charge is 0.410 e. The van der Waals surface area contributed by atoms with Gasteiger partial charge < -0.3 is 9.64 Å². The Morgan fingerprint density at radius 2 is 1.58 bits per heavy atom. The summed E-state index contributed by atoms with van der Waals surface area (Å²) in [5.41, 5.74) is 0.475. The van der Waals surface area contributed by atoms with E-state index < -0.39 is 21.6 Å². The van der Waals surface area contributed by atoms with E-state index in [4.69, 9.17) is 4.74 Å². The summed E-state index contributed by atoms with van der Waals surface area (Å²) in [5.74, 6) is -0.305. The van der Waals surface area contributed by atoms with Crippen LogP contribution in [-0.4, -0.2) is 44.6 Å². The van der Waals surface area contributed by atoms with Gasteiger partial charge in [-0.1, -0.05) is 24.3 Å². The van der Waals surface area contributed by atoms with Crippen molar-refractivity contribution in [2.24, 2.45) is 5.92 Å². The lowest BCUT2D eigenvalue weighted by Crippen LogP contribution is -2.42. The van der Waals surface area contributed by atoms with Gasteiger partial charge in [-0.2, -0.15) is 8.42 Å². The monoisotopic (exact) mass is 475 g/mol. The topological polar surface area (TPSA) is 70.2 Å². The third kappa shape index (κ3) is 4.78. The summed E-state index contributed by atoms with van der Waals surface area (Å²) in [6.45, 7) is 7.00. The number of carbonyl (C=O) groups is 1. The van der Waals surface area contributed by atoms with E-state index in [0.29, 0.717) is 37.4 Å². The molecule has 33 heavy (non-hydrogen) atoms. The Bertz CT molecular complexity index is 1120. The number of para-hydroxylation sites is 3. The van der Waals surface area contributed by atoms with Crippen LogP contribution in [0.15, 0.2) is 48.5 Å². The molecule has 1 fully saturated rings. The quantitative estimate of drug-likeness (QED) is 0.619. The number of anilines is 3. The highest BCUT2D eigenvalue weighted by Crippen LogP contribution is 2.46. The van der Waals surface area contributed by atoms with Gasteiger partial charge in [0, 0.05) is 19.6 Å². The van der Waals surface area contributed by atoms with Crippen molar-refractivity contribution in [1.82, 2.24) is 4.90 Å². The molecule has 0 radical (unpaired) electrons. The third-order valence-electron chi connectivity index (χ3n) is 5.96.